The van der Waals surface area contributed by atoms with Crippen molar-refractivity contribution in [3.8, 4) is 0 Å². The smallest absolute Gasteiger partial charge is 0.322 e. The molecule has 0 rings (SSSR count). The van der Waals surface area contributed by atoms with E-state index in [9.17, 15) is 9.59 Å². The van der Waals surface area contributed by atoms with Crippen LogP contribution in [0.4, 0.5) is 0 Å². The summed E-state index contributed by atoms with van der Waals surface area (Å²) in [5.41, 5.74) is 0. The molecule has 0 aromatic rings. The van der Waals surface area contributed by atoms with Gasteiger partial charge in [0.05, 0.1) is 9.47 Å². The zero-order chi connectivity index (χ0) is 7.44. The highest BCUT2D eigenvalue weighted by atomic mass is 31.0. The van der Waals surface area contributed by atoms with Gasteiger partial charge >= 0.3 is 11.9 Å². The Balaban J connectivity index is 3.88. The van der Waals surface area contributed by atoms with Crippen LogP contribution in [0.2, 0.25) is 0 Å². The lowest BCUT2D eigenvalue weighted by Gasteiger charge is -2.00. The fourth-order valence-electron chi connectivity index (χ4n) is 0.203. The molecule has 0 aliphatic heterocycles. The molecule has 0 amide bonds. The summed E-state index contributed by atoms with van der Waals surface area (Å²) in [4.78, 5) is 20.3. The van der Waals surface area contributed by atoms with Gasteiger partial charge in [0, 0.05) is 0 Å². The molecule has 9 heavy (non-hydrogen) atoms. The fraction of sp³-hybridized carbons (Fsp3) is 0.500. The number of carboxylic acid groups (broad SMARTS) is 1. The van der Waals surface area contributed by atoms with Gasteiger partial charge in [0.25, 0.3) is 0 Å². The van der Waals surface area contributed by atoms with E-state index in [1.807, 2.05) is 0 Å². The first kappa shape index (κ1) is 8.37. The topological polar surface area (TPSA) is 63.6 Å². The van der Waals surface area contributed by atoms with E-state index in [1.54, 1.807) is 9.47 Å². The van der Waals surface area contributed by atoms with Crippen LogP contribution in [0.15, 0.2) is 0 Å². The standard InChI is InChI=1S/C4H7O4P/c1-2(3(5)6)4(7)8-9/h2H,9H2,1H3,(H,5,6). The van der Waals surface area contributed by atoms with Crippen molar-refractivity contribution < 1.29 is 19.2 Å². The Kier molecular flexibility index (Phi) is 3.17. The predicted octanol–water partition coefficient (Wildman–Crippen LogP) is 0.0404. The van der Waals surface area contributed by atoms with E-state index in [-0.39, 0.29) is 0 Å². The number of aliphatic carboxylic acids is 1. The Morgan fingerprint density at radius 1 is 1.67 bits per heavy atom. The van der Waals surface area contributed by atoms with E-state index in [2.05, 4.69) is 4.52 Å². The molecule has 4 nitrogen and oxygen atoms in total. The highest BCUT2D eigenvalue weighted by Crippen LogP contribution is 2.00. The molecule has 0 saturated heterocycles. The lowest BCUT2D eigenvalue weighted by Crippen LogP contribution is -2.19. The number of carboxylic acids is 1. The fourth-order valence-corrected chi connectivity index (χ4v) is 0.407. The third kappa shape index (κ3) is 2.42. The van der Waals surface area contributed by atoms with Crippen molar-refractivity contribution in [2.24, 2.45) is 5.92 Å². The van der Waals surface area contributed by atoms with E-state index in [1.165, 1.54) is 6.92 Å². The molecular weight excluding hydrogens is 143 g/mol. The second-order valence-electron chi connectivity index (χ2n) is 1.50. The Hall–Kier alpha value is -0.630. The van der Waals surface area contributed by atoms with Gasteiger partial charge in [0.2, 0.25) is 0 Å². The van der Waals surface area contributed by atoms with Crippen LogP contribution < -0.4 is 0 Å². The summed E-state index contributed by atoms with van der Waals surface area (Å²) >= 11 is 0. The predicted molar refractivity (Wildman–Crippen MR) is 32.6 cm³/mol. The minimum absolute atomic E-state index is 0.757. The minimum Gasteiger partial charge on any atom is -0.481 e. The van der Waals surface area contributed by atoms with Crippen LogP contribution in [0.1, 0.15) is 6.92 Å². The maximum atomic E-state index is 10.3. The number of rotatable bonds is 2. The van der Waals surface area contributed by atoms with Crippen molar-refractivity contribution in [1.29, 1.82) is 0 Å². The molecule has 0 saturated carbocycles. The summed E-state index contributed by atoms with van der Waals surface area (Å²) in [5, 5.41) is 8.17. The van der Waals surface area contributed by atoms with Crippen LogP contribution in [0, 0.1) is 5.92 Å². The summed E-state index contributed by atoms with van der Waals surface area (Å²) in [6.07, 6.45) is 0. The van der Waals surface area contributed by atoms with Crippen LogP contribution in [-0.4, -0.2) is 17.0 Å². The zero-order valence-corrected chi connectivity index (χ0v) is 5.98. The van der Waals surface area contributed by atoms with Crippen LogP contribution in [-0.2, 0) is 14.1 Å². The molecule has 2 unspecified atom stereocenters. The highest BCUT2D eigenvalue weighted by Gasteiger charge is 2.20. The molecule has 0 spiro atoms. The molecule has 0 bridgehead atoms. The van der Waals surface area contributed by atoms with Gasteiger partial charge in [-0.05, 0) is 6.92 Å². The molecule has 5 heteroatoms. The second kappa shape index (κ2) is 3.41. The van der Waals surface area contributed by atoms with Crippen LogP contribution in [0.3, 0.4) is 0 Å². The van der Waals surface area contributed by atoms with Gasteiger partial charge in [-0.15, -0.1) is 0 Å². The number of hydrogen-bond donors (Lipinski definition) is 1. The molecular formula is C4H7O4P. The first-order chi connectivity index (χ1) is 4.09. The number of hydrogen-bond acceptors (Lipinski definition) is 3. The zero-order valence-electron chi connectivity index (χ0n) is 4.83. The average Bonchev–Trinajstić information content (AvgIpc) is 1.84. The highest BCUT2D eigenvalue weighted by molar-refractivity contribution is 7.10. The molecule has 52 valence electrons. The maximum absolute atomic E-state index is 10.3. The number of carbonyl (C=O) groups excluding carboxylic acids is 1. The average molecular weight is 150 g/mol. The molecule has 0 heterocycles. The summed E-state index contributed by atoms with van der Waals surface area (Å²) in [6.45, 7) is 1.26. The molecule has 0 radical (unpaired) electrons. The van der Waals surface area contributed by atoms with E-state index >= 15 is 0 Å². The Morgan fingerprint density at radius 2 is 2.11 bits per heavy atom. The maximum Gasteiger partial charge on any atom is 0.322 e. The Morgan fingerprint density at radius 3 is 2.22 bits per heavy atom. The van der Waals surface area contributed by atoms with E-state index in [0.29, 0.717) is 0 Å². The summed E-state index contributed by atoms with van der Waals surface area (Å²) < 4.78 is 4.07. The molecule has 2 atom stereocenters. The van der Waals surface area contributed by atoms with E-state index in [4.69, 9.17) is 5.11 Å². The van der Waals surface area contributed by atoms with Crippen molar-refractivity contribution in [3.05, 3.63) is 0 Å². The van der Waals surface area contributed by atoms with Crippen molar-refractivity contribution in [2.45, 2.75) is 6.92 Å². The van der Waals surface area contributed by atoms with Crippen molar-refractivity contribution in [1.82, 2.24) is 0 Å². The third-order valence-corrected chi connectivity index (χ3v) is 1.07. The van der Waals surface area contributed by atoms with Crippen molar-refractivity contribution >= 4 is 21.4 Å². The van der Waals surface area contributed by atoms with Gasteiger partial charge in [-0.2, -0.15) is 0 Å². The van der Waals surface area contributed by atoms with Crippen molar-refractivity contribution in [2.75, 3.05) is 0 Å². The quantitative estimate of drug-likeness (QED) is 0.446. The lowest BCUT2D eigenvalue weighted by atomic mass is 10.2. The summed E-state index contributed by atoms with van der Waals surface area (Å²) in [5.74, 6) is -3.02. The van der Waals surface area contributed by atoms with Gasteiger partial charge in [0.1, 0.15) is 0 Å². The lowest BCUT2D eigenvalue weighted by molar-refractivity contribution is -0.151. The van der Waals surface area contributed by atoms with Gasteiger partial charge < -0.3 is 9.63 Å². The van der Waals surface area contributed by atoms with Crippen molar-refractivity contribution in [3.63, 3.8) is 0 Å². The van der Waals surface area contributed by atoms with E-state index < -0.39 is 17.9 Å². The molecule has 0 aromatic carbocycles. The van der Waals surface area contributed by atoms with Crippen LogP contribution >= 0.6 is 9.47 Å². The molecule has 0 aromatic heterocycles. The van der Waals surface area contributed by atoms with Gasteiger partial charge in [-0.25, -0.2) is 0 Å². The summed E-state index contributed by atoms with van der Waals surface area (Å²) in [7, 11) is 1.70. The molecule has 0 aliphatic carbocycles. The first-order valence-corrected chi connectivity index (χ1v) is 2.70. The monoisotopic (exact) mass is 150 g/mol. The van der Waals surface area contributed by atoms with Gasteiger partial charge in [-0.1, -0.05) is 0 Å². The van der Waals surface area contributed by atoms with Gasteiger partial charge in [-0.3, -0.25) is 9.59 Å². The van der Waals surface area contributed by atoms with Crippen LogP contribution in [0.25, 0.3) is 0 Å². The Bertz CT molecular complexity index is 133. The third-order valence-electron chi connectivity index (χ3n) is 0.840. The minimum atomic E-state index is -1.18. The Labute approximate surface area is 54.5 Å². The SMILES string of the molecule is CC(C(=O)O)C(=O)OP. The largest absolute Gasteiger partial charge is 0.481 e. The normalized spacial score (nSPS) is 12.2. The van der Waals surface area contributed by atoms with Gasteiger partial charge in [0.15, 0.2) is 5.92 Å². The van der Waals surface area contributed by atoms with E-state index in [0.717, 1.165) is 0 Å². The summed E-state index contributed by atoms with van der Waals surface area (Å²) in [6, 6.07) is 0. The second-order valence-corrected chi connectivity index (χ2v) is 1.73. The molecule has 1 N–H and O–H groups in total. The number of carbonyl (C=O) groups is 2. The van der Waals surface area contributed by atoms with Crippen LogP contribution in [0.5, 0.6) is 0 Å². The molecule has 0 aliphatic rings. The first-order valence-electron chi connectivity index (χ1n) is 2.23. The molecule has 0 fully saturated rings.